The zero-order valence-corrected chi connectivity index (χ0v) is 13.5. The van der Waals surface area contributed by atoms with Gasteiger partial charge in [0.25, 0.3) is 0 Å². The number of nitrogens with zero attached hydrogens (tertiary/aromatic N) is 1. The maximum atomic E-state index is 3.58. The van der Waals surface area contributed by atoms with E-state index in [9.17, 15) is 0 Å². The summed E-state index contributed by atoms with van der Waals surface area (Å²) in [5.41, 5.74) is 2.63. The second kappa shape index (κ2) is 6.92. The van der Waals surface area contributed by atoms with Crippen molar-refractivity contribution < 1.29 is 0 Å². The molecule has 0 bridgehead atoms. The number of hydrogen-bond acceptors (Lipinski definition) is 1. The van der Waals surface area contributed by atoms with Gasteiger partial charge in [0.1, 0.15) is 0 Å². The smallest absolute Gasteiger partial charge is 0.0480 e. The number of rotatable bonds is 6. The minimum atomic E-state index is 0.911. The van der Waals surface area contributed by atoms with Gasteiger partial charge in [0, 0.05) is 29.3 Å². The molecule has 0 unspecified atom stereocenters. The molecule has 0 fully saturated rings. The maximum absolute atomic E-state index is 3.58. The molecule has 2 aromatic carbocycles. The van der Waals surface area contributed by atoms with Crippen molar-refractivity contribution in [2.75, 3.05) is 6.54 Å². The number of fused-ring (bicyclic) bond motifs is 1. The van der Waals surface area contributed by atoms with Crippen LogP contribution in [0.3, 0.4) is 0 Å². The molecule has 1 N–H and O–H groups in total. The van der Waals surface area contributed by atoms with E-state index in [0.717, 1.165) is 26.1 Å². The van der Waals surface area contributed by atoms with Crippen LogP contribution in [0.15, 0.2) is 65.3 Å². The standard InChI is InChI=1S/C18H19BrN2/c19-17-8-3-1-7-16(17)14-20-11-5-12-21-13-10-15-6-2-4-9-18(15)21/h1-4,6-10,13,20H,5,11-12,14H2. The first-order valence-corrected chi connectivity index (χ1v) is 8.12. The molecule has 0 spiro atoms. The fourth-order valence-electron chi connectivity index (χ4n) is 2.57. The Hall–Kier alpha value is -1.58. The van der Waals surface area contributed by atoms with E-state index in [1.165, 1.54) is 20.9 Å². The second-order valence-electron chi connectivity index (χ2n) is 5.19. The largest absolute Gasteiger partial charge is 0.347 e. The fraction of sp³-hybridized carbons (Fsp3) is 0.222. The van der Waals surface area contributed by atoms with Crippen molar-refractivity contribution in [3.63, 3.8) is 0 Å². The highest BCUT2D eigenvalue weighted by Gasteiger charge is 2.00. The maximum Gasteiger partial charge on any atom is 0.0480 e. The Kier molecular flexibility index (Phi) is 4.73. The lowest BCUT2D eigenvalue weighted by Crippen LogP contribution is -2.16. The summed E-state index contributed by atoms with van der Waals surface area (Å²) in [5.74, 6) is 0. The topological polar surface area (TPSA) is 17.0 Å². The molecule has 0 saturated heterocycles. The summed E-state index contributed by atoms with van der Waals surface area (Å²) in [6, 6.07) is 19.1. The molecular weight excluding hydrogens is 324 g/mol. The van der Waals surface area contributed by atoms with Crippen molar-refractivity contribution in [1.29, 1.82) is 0 Å². The Balaban J connectivity index is 1.47. The molecule has 0 aliphatic heterocycles. The molecule has 0 aliphatic rings. The first-order chi connectivity index (χ1) is 10.3. The van der Waals surface area contributed by atoms with Crippen LogP contribution in [-0.4, -0.2) is 11.1 Å². The van der Waals surface area contributed by atoms with E-state index < -0.39 is 0 Å². The fourth-order valence-corrected chi connectivity index (χ4v) is 3.00. The average molecular weight is 343 g/mol. The molecule has 1 aromatic heterocycles. The molecule has 0 saturated carbocycles. The summed E-state index contributed by atoms with van der Waals surface area (Å²) >= 11 is 3.58. The minimum Gasteiger partial charge on any atom is -0.347 e. The third-order valence-electron chi connectivity index (χ3n) is 3.71. The van der Waals surface area contributed by atoms with Crippen molar-refractivity contribution in [2.24, 2.45) is 0 Å². The molecule has 108 valence electrons. The molecule has 0 radical (unpaired) electrons. The van der Waals surface area contributed by atoms with E-state index in [2.05, 4.69) is 80.5 Å². The first kappa shape index (κ1) is 14.4. The zero-order valence-electron chi connectivity index (χ0n) is 11.9. The summed E-state index contributed by atoms with van der Waals surface area (Å²) < 4.78 is 3.50. The van der Waals surface area contributed by atoms with Crippen LogP contribution in [0.4, 0.5) is 0 Å². The van der Waals surface area contributed by atoms with Crippen molar-refractivity contribution in [1.82, 2.24) is 9.88 Å². The third-order valence-corrected chi connectivity index (χ3v) is 4.48. The van der Waals surface area contributed by atoms with Crippen molar-refractivity contribution >= 4 is 26.8 Å². The van der Waals surface area contributed by atoms with Crippen molar-refractivity contribution in [3.05, 3.63) is 70.8 Å². The van der Waals surface area contributed by atoms with Crippen LogP contribution in [0.1, 0.15) is 12.0 Å². The van der Waals surface area contributed by atoms with Crippen molar-refractivity contribution in [2.45, 2.75) is 19.5 Å². The van der Waals surface area contributed by atoms with E-state index in [4.69, 9.17) is 0 Å². The van der Waals surface area contributed by atoms with Crippen LogP contribution in [0.25, 0.3) is 10.9 Å². The molecule has 1 heterocycles. The highest BCUT2D eigenvalue weighted by Crippen LogP contribution is 2.16. The number of benzene rings is 2. The molecule has 2 nitrogen and oxygen atoms in total. The number of para-hydroxylation sites is 1. The van der Waals surface area contributed by atoms with Gasteiger partial charge in [-0.1, -0.05) is 52.3 Å². The lowest BCUT2D eigenvalue weighted by molar-refractivity contribution is 0.590. The molecular formula is C18H19BrN2. The molecule has 21 heavy (non-hydrogen) atoms. The van der Waals surface area contributed by atoms with Gasteiger partial charge in [-0.3, -0.25) is 0 Å². The van der Waals surface area contributed by atoms with Crippen LogP contribution < -0.4 is 5.32 Å². The third kappa shape index (κ3) is 3.55. The quantitative estimate of drug-likeness (QED) is 0.648. The highest BCUT2D eigenvalue weighted by atomic mass is 79.9. The lowest BCUT2D eigenvalue weighted by Gasteiger charge is -2.08. The van der Waals surface area contributed by atoms with E-state index in [1.807, 2.05) is 6.07 Å². The van der Waals surface area contributed by atoms with E-state index >= 15 is 0 Å². The number of hydrogen-bond donors (Lipinski definition) is 1. The van der Waals surface area contributed by atoms with Gasteiger partial charge < -0.3 is 9.88 Å². The predicted molar refractivity (Wildman–Crippen MR) is 92.4 cm³/mol. The van der Waals surface area contributed by atoms with Crippen molar-refractivity contribution in [3.8, 4) is 0 Å². The van der Waals surface area contributed by atoms with Gasteiger partial charge in [-0.2, -0.15) is 0 Å². The average Bonchev–Trinajstić information content (AvgIpc) is 2.92. The number of aromatic nitrogens is 1. The summed E-state index contributed by atoms with van der Waals surface area (Å²) in [6.07, 6.45) is 3.31. The van der Waals surface area contributed by atoms with Crippen LogP contribution in [0.5, 0.6) is 0 Å². The van der Waals surface area contributed by atoms with Gasteiger partial charge in [0.2, 0.25) is 0 Å². The SMILES string of the molecule is Brc1ccccc1CNCCCn1ccc2ccccc21. The van der Waals surface area contributed by atoms with Crippen LogP contribution in [0.2, 0.25) is 0 Å². The summed E-state index contributed by atoms with van der Waals surface area (Å²) in [5, 5.41) is 4.83. The lowest BCUT2D eigenvalue weighted by atomic mass is 10.2. The Morgan fingerprint density at radius 2 is 1.76 bits per heavy atom. The van der Waals surface area contributed by atoms with Crippen LogP contribution in [-0.2, 0) is 13.1 Å². The molecule has 3 heteroatoms. The second-order valence-corrected chi connectivity index (χ2v) is 6.04. The molecule has 0 aliphatic carbocycles. The van der Waals surface area contributed by atoms with Gasteiger partial charge in [0.05, 0.1) is 0 Å². The Labute approximate surface area is 133 Å². The van der Waals surface area contributed by atoms with Crippen LogP contribution in [0, 0.1) is 0 Å². The van der Waals surface area contributed by atoms with Crippen LogP contribution >= 0.6 is 15.9 Å². The normalized spacial score (nSPS) is 11.1. The first-order valence-electron chi connectivity index (χ1n) is 7.32. The Morgan fingerprint density at radius 3 is 2.67 bits per heavy atom. The molecule has 0 amide bonds. The number of halogens is 1. The summed E-state index contributed by atoms with van der Waals surface area (Å²) in [7, 11) is 0. The molecule has 3 rings (SSSR count). The zero-order chi connectivity index (χ0) is 14.5. The van der Waals surface area contributed by atoms with Gasteiger partial charge in [-0.25, -0.2) is 0 Å². The van der Waals surface area contributed by atoms with E-state index in [-0.39, 0.29) is 0 Å². The monoisotopic (exact) mass is 342 g/mol. The number of nitrogens with one attached hydrogen (secondary N) is 1. The van der Waals surface area contributed by atoms with Gasteiger partial charge in [-0.05, 0) is 42.1 Å². The summed E-state index contributed by atoms with van der Waals surface area (Å²) in [4.78, 5) is 0. The van der Waals surface area contributed by atoms with Gasteiger partial charge >= 0.3 is 0 Å². The summed E-state index contributed by atoms with van der Waals surface area (Å²) in [6.45, 7) is 2.98. The minimum absolute atomic E-state index is 0.911. The highest BCUT2D eigenvalue weighted by molar-refractivity contribution is 9.10. The molecule has 0 atom stereocenters. The van der Waals surface area contributed by atoms with Gasteiger partial charge in [0.15, 0.2) is 0 Å². The Morgan fingerprint density at radius 1 is 0.952 bits per heavy atom. The van der Waals surface area contributed by atoms with E-state index in [0.29, 0.717) is 0 Å². The van der Waals surface area contributed by atoms with Gasteiger partial charge in [-0.15, -0.1) is 0 Å². The number of aryl methyl sites for hydroxylation is 1. The molecule has 3 aromatic rings. The Bertz CT molecular complexity index is 718. The van der Waals surface area contributed by atoms with E-state index in [1.54, 1.807) is 0 Å². The predicted octanol–water partition coefficient (Wildman–Crippen LogP) is 4.58.